The van der Waals surface area contributed by atoms with Crippen molar-refractivity contribution in [2.24, 2.45) is 0 Å². The molecule has 0 spiro atoms. The molecule has 1 aromatic rings. The molecule has 0 atom stereocenters. The van der Waals surface area contributed by atoms with Gasteiger partial charge in [-0.25, -0.2) is 0 Å². The second kappa shape index (κ2) is 8.13. The predicted octanol–water partition coefficient (Wildman–Crippen LogP) is 4.00. The number of ether oxygens (including phenoxy) is 1. The van der Waals surface area contributed by atoms with Crippen molar-refractivity contribution in [3.05, 3.63) is 40.9 Å². The minimum absolute atomic E-state index is 0.0327. The van der Waals surface area contributed by atoms with Gasteiger partial charge in [0.15, 0.2) is 5.78 Å². The Bertz CT molecular complexity index is 490. The van der Waals surface area contributed by atoms with Crippen LogP contribution in [0.2, 0.25) is 0 Å². The van der Waals surface area contributed by atoms with E-state index in [0.29, 0.717) is 11.6 Å². The van der Waals surface area contributed by atoms with E-state index in [9.17, 15) is 4.79 Å². The molecule has 0 aliphatic heterocycles. The van der Waals surface area contributed by atoms with Gasteiger partial charge < -0.3 is 10.1 Å². The fraction of sp³-hybridized carbons (Fsp3) is 0.471. The highest BCUT2D eigenvalue weighted by Gasteiger charge is 2.14. The highest BCUT2D eigenvalue weighted by molar-refractivity contribution is 8.02. The van der Waals surface area contributed by atoms with Crippen molar-refractivity contribution >= 4 is 17.5 Å². The molecule has 0 amide bonds. The standard InChI is InChI=1S/C17H23NO2S/c1-20-15-10-8-13(9-11-15)16(19)12-17(21-2)18-14-6-4-3-5-7-14/h8-12,14,18H,3-7H2,1-2H3/b17-12-. The van der Waals surface area contributed by atoms with Crippen LogP contribution in [-0.2, 0) is 0 Å². The Balaban J connectivity index is 2.01. The SMILES string of the molecule is COc1ccc(C(=O)/C=C(/NC2CCCCC2)SC)cc1. The topological polar surface area (TPSA) is 38.3 Å². The van der Waals surface area contributed by atoms with E-state index in [4.69, 9.17) is 4.74 Å². The summed E-state index contributed by atoms with van der Waals surface area (Å²) in [6, 6.07) is 7.75. The molecule has 0 heterocycles. The zero-order valence-electron chi connectivity index (χ0n) is 12.7. The van der Waals surface area contributed by atoms with Crippen LogP contribution in [0.3, 0.4) is 0 Å². The molecule has 0 aromatic heterocycles. The molecule has 114 valence electrons. The Hall–Kier alpha value is -1.42. The molecule has 1 aliphatic carbocycles. The van der Waals surface area contributed by atoms with Crippen LogP contribution < -0.4 is 10.1 Å². The molecular formula is C17H23NO2S. The Kier molecular flexibility index (Phi) is 6.18. The normalized spacial score (nSPS) is 16.6. The van der Waals surface area contributed by atoms with Crippen molar-refractivity contribution in [3.63, 3.8) is 0 Å². The molecule has 21 heavy (non-hydrogen) atoms. The summed E-state index contributed by atoms with van der Waals surface area (Å²) >= 11 is 1.60. The van der Waals surface area contributed by atoms with Gasteiger partial charge >= 0.3 is 0 Å². The van der Waals surface area contributed by atoms with Gasteiger partial charge in [0.05, 0.1) is 12.1 Å². The van der Waals surface area contributed by atoms with Gasteiger partial charge in [-0.3, -0.25) is 4.79 Å². The maximum absolute atomic E-state index is 12.3. The maximum Gasteiger partial charge on any atom is 0.188 e. The number of rotatable bonds is 6. The lowest BCUT2D eigenvalue weighted by Gasteiger charge is -2.24. The van der Waals surface area contributed by atoms with Gasteiger partial charge in [0, 0.05) is 17.7 Å². The molecule has 1 N–H and O–H groups in total. The minimum Gasteiger partial charge on any atom is -0.497 e. The first-order valence-electron chi connectivity index (χ1n) is 7.43. The average molecular weight is 305 g/mol. The number of thioether (sulfide) groups is 1. The average Bonchev–Trinajstić information content (AvgIpc) is 2.55. The predicted molar refractivity (Wildman–Crippen MR) is 88.9 cm³/mol. The fourth-order valence-corrected chi connectivity index (χ4v) is 3.07. The van der Waals surface area contributed by atoms with Gasteiger partial charge in [0.1, 0.15) is 5.75 Å². The quantitative estimate of drug-likeness (QED) is 0.637. The van der Waals surface area contributed by atoms with Gasteiger partial charge in [0.25, 0.3) is 0 Å². The van der Waals surface area contributed by atoms with Crippen LogP contribution in [0.5, 0.6) is 5.75 Å². The molecule has 0 radical (unpaired) electrons. The van der Waals surface area contributed by atoms with Crippen LogP contribution in [0.1, 0.15) is 42.5 Å². The lowest BCUT2D eigenvalue weighted by Crippen LogP contribution is -2.29. The summed E-state index contributed by atoms with van der Waals surface area (Å²) < 4.78 is 5.11. The molecule has 1 fully saturated rings. The van der Waals surface area contributed by atoms with E-state index in [1.807, 2.05) is 18.4 Å². The molecule has 2 rings (SSSR count). The Morgan fingerprint density at radius 3 is 2.48 bits per heavy atom. The summed E-state index contributed by atoms with van der Waals surface area (Å²) in [7, 11) is 1.62. The van der Waals surface area contributed by atoms with Crippen molar-refractivity contribution in [2.45, 2.75) is 38.1 Å². The molecule has 3 nitrogen and oxygen atoms in total. The van der Waals surface area contributed by atoms with Gasteiger partial charge in [-0.05, 0) is 43.4 Å². The van der Waals surface area contributed by atoms with E-state index in [0.717, 1.165) is 10.8 Å². The minimum atomic E-state index is 0.0327. The van der Waals surface area contributed by atoms with Gasteiger partial charge in [-0.1, -0.05) is 19.3 Å². The molecule has 1 aliphatic rings. The number of carbonyl (C=O) groups excluding carboxylic acids is 1. The van der Waals surface area contributed by atoms with E-state index in [1.54, 1.807) is 37.1 Å². The monoisotopic (exact) mass is 305 g/mol. The van der Waals surface area contributed by atoms with E-state index >= 15 is 0 Å². The zero-order chi connectivity index (χ0) is 15.1. The van der Waals surface area contributed by atoms with Crippen LogP contribution in [0, 0.1) is 0 Å². The Morgan fingerprint density at radius 2 is 1.90 bits per heavy atom. The summed E-state index contributed by atoms with van der Waals surface area (Å²) in [5.74, 6) is 0.797. The van der Waals surface area contributed by atoms with Crippen LogP contribution >= 0.6 is 11.8 Å². The number of benzene rings is 1. The highest BCUT2D eigenvalue weighted by Crippen LogP contribution is 2.21. The van der Waals surface area contributed by atoms with Crippen LogP contribution in [0.4, 0.5) is 0 Å². The number of hydrogen-bond acceptors (Lipinski definition) is 4. The first-order valence-corrected chi connectivity index (χ1v) is 8.66. The van der Waals surface area contributed by atoms with Gasteiger partial charge in [0.2, 0.25) is 0 Å². The molecule has 1 aromatic carbocycles. The summed E-state index contributed by atoms with van der Waals surface area (Å²) in [5, 5.41) is 4.47. The molecule has 0 bridgehead atoms. The fourth-order valence-electron chi connectivity index (χ4n) is 2.57. The van der Waals surface area contributed by atoms with Crippen molar-refractivity contribution in [3.8, 4) is 5.75 Å². The van der Waals surface area contributed by atoms with Gasteiger partial charge in [-0.15, -0.1) is 11.8 Å². The Morgan fingerprint density at radius 1 is 1.24 bits per heavy atom. The summed E-state index contributed by atoms with van der Waals surface area (Å²) in [4.78, 5) is 12.3. The van der Waals surface area contributed by atoms with Crippen LogP contribution in [0.25, 0.3) is 0 Å². The third-order valence-electron chi connectivity index (χ3n) is 3.81. The second-order valence-electron chi connectivity index (χ2n) is 5.28. The third-order valence-corrected chi connectivity index (χ3v) is 4.48. The summed E-state index contributed by atoms with van der Waals surface area (Å²) in [6.07, 6.45) is 10.0. The van der Waals surface area contributed by atoms with E-state index in [-0.39, 0.29) is 5.78 Å². The lowest BCUT2D eigenvalue weighted by molar-refractivity contribution is 0.104. The summed E-state index contributed by atoms with van der Waals surface area (Å²) in [5.41, 5.74) is 0.688. The van der Waals surface area contributed by atoms with E-state index in [2.05, 4.69) is 5.32 Å². The number of hydrogen-bond donors (Lipinski definition) is 1. The molecule has 1 saturated carbocycles. The van der Waals surface area contributed by atoms with E-state index in [1.165, 1.54) is 32.1 Å². The third kappa shape index (κ3) is 4.81. The molecule has 4 heteroatoms. The second-order valence-corrected chi connectivity index (χ2v) is 6.13. The highest BCUT2D eigenvalue weighted by atomic mass is 32.2. The lowest BCUT2D eigenvalue weighted by atomic mass is 9.96. The van der Waals surface area contributed by atoms with Crippen molar-refractivity contribution in [1.29, 1.82) is 0 Å². The molecule has 0 unspecified atom stereocenters. The van der Waals surface area contributed by atoms with Crippen molar-refractivity contribution in [2.75, 3.05) is 13.4 Å². The van der Waals surface area contributed by atoms with E-state index < -0.39 is 0 Å². The largest absolute Gasteiger partial charge is 0.497 e. The summed E-state index contributed by atoms with van der Waals surface area (Å²) in [6.45, 7) is 0. The number of methoxy groups -OCH3 is 1. The maximum atomic E-state index is 12.3. The van der Waals surface area contributed by atoms with Gasteiger partial charge in [-0.2, -0.15) is 0 Å². The molecule has 0 saturated heterocycles. The number of allylic oxidation sites excluding steroid dienone is 1. The van der Waals surface area contributed by atoms with Crippen LogP contribution in [-0.4, -0.2) is 25.2 Å². The first kappa shape index (κ1) is 16.0. The number of nitrogens with one attached hydrogen (secondary N) is 1. The Labute approximate surface area is 131 Å². The molecular weight excluding hydrogens is 282 g/mol. The van der Waals surface area contributed by atoms with Crippen molar-refractivity contribution < 1.29 is 9.53 Å². The number of carbonyl (C=O) groups is 1. The smallest absolute Gasteiger partial charge is 0.188 e. The first-order chi connectivity index (χ1) is 10.2. The zero-order valence-corrected chi connectivity index (χ0v) is 13.5. The van der Waals surface area contributed by atoms with Crippen LogP contribution in [0.15, 0.2) is 35.4 Å². The number of ketones is 1. The van der Waals surface area contributed by atoms with Crippen molar-refractivity contribution in [1.82, 2.24) is 5.32 Å².